The van der Waals surface area contributed by atoms with Crippen LogP contribution in [0.1, 0.15) is 12.5 Å². The summed E-state index contributed by atoms with van der Waals surface area (Å²) in [5.74, 6) is -0.265. The minimum atomic E-state index is -1.46. The van der Waals surface area contributed by atoms with Gasteiger partial charge in [0.15, 0.2) is 15.8 Å². The molecule has 0 unspecified atom stereocenters. The quantitative estimate of drug-likeness (QED) is 0.243. The smallest absolute Gasteiger partial charge is 0.270 e. The van der Waals surface area contributed by atoms with Gasteiger partial charge in [-0.25, -0.2) is 0 Å². The number of aliphatic hydroxyl groups excluding tert-OH is 3. The number of aliphatic hydroxyl groups is 3. The first kappa shape index (κ1) is 27.8. The first-order chi connectivity index (χ1) is 18.1. The molecule has 2 aromatic rings. The predicted octanol–water partition coefficient (Wildman–Crippen LogP) is 1.13. The van der Waals surface area contributed by atoms with E-state index in [1.54, 1.807) is 36.4 Å². The van der Waals surface area contributed by atoms with Crippen molar-refractivity contribution in [2.24, 2.45) is 0 Å². The maximum Gasteiger partial charge on any atom is 0.270 e. The third-order valence-corrected chi connectivity index (χ3v) is 7.18. The van der Waals surface area contributed by atoms with E-state index in [4.69, 9.17) is 26.4 Å². The first-order valence-corrected chi connectivity index (χ1v) is 12.7. The van der Waals surface area contributed by atoms with Crippen molar-refractivity contribution in [2.45, 2.75) is 37.6 Å². The minimum Gasteiger partial charge on any atom is -0.508 e. The lowest BCUT2D eigenvalue weighted by Gasteiger charge is -2.42. The molecule has 5 atom stereocenters. The van der Waals surface area contributed by atoms with Crippen LogP contribution in [-0.4, -0.2) is 80.9 Å². The van der Waals surface area contributed by atoms with Crippen LogP contribution in [0.4, 0.5) is 5.69 Å². The zero-order chi connectivity index (χ0) is 27.6. The molecule has 2 fully saturated rings. The van der Waals surface area contributed by atoms with Crippen LogP contribution in [0.15, 0.2) is 47.4 Å². The van der Waals surface area contributed by atoms with Crippen molar-refractivity contribution in [1.82, 2.24) is 5.32 Å². The molecule has 11 nitrogen and oxygen atoms in total. The van der Waals surface area contributed by atoms with Gasteiger partial charge in [0.05, 0.1) is 24.3 Å². The number of hydrogen-bond donors (Lipinski definition) is 5. The highest BCUT2D eigenvalue weighted by atomic mass is 32.2. The van der Waals surface area contributed by atoms with Crippen LogP contribution < -0.4 is 19.7 Å². The molecule has 5 N–H and O–H groups in total. The van der Waals surface area contributed by atoms with E-state index in [0.29, 0.717) is 20.5 Å². The van der Waals surface area contributed by atoms with Crippen molar-refractivity contribution >= 4 is 51.9 Å². The number of ether oxygens (including phenoxy) is 3. The van der Waals surface area contributed by atoms with Gasteiger partial charge < -0.3 is 40.0 Å². The van der Waals surface area contributed by atoms with E-state index in [9.17, 15) is 30.0 Å². The zero-order valence-corrected chi connectivity index (χ0v) is 21.9. The number of carbonyl (C=O) groups excluding carboxylic acids is 2. The number of phenolic OH excluding ortho intramolecular Hbond substituents is 1. The van der Waals surface area contributed by atoms with Crippen molar-refractivity contribution in [1.29, 1.82) is 0 Å². The summed E-state index contributed by atoms with van der Waals surface area (Å²) in [6, 6.07) is 9.84. The number of methoxy groups -OCH3 is 1. The zero-order valence-electron chi connectivity index (χ0n) is 20.3. The summed E-state index contributed by atoms with van der Waals surface area (Å²) >= 11 is 6.51. The summed E-state index contributed by atoms with van der Waals surface area (Å²) in [6.07, 6.45) is -3.65. The molecule has 0 aliphatic carbocycles. The Bertz CT molecular complexity index is 1250. The van der Waals surface area contributed by atoms with E-state index < -0.39 is 43.2 Å². The summed E-state index contributed by atoms with van der Waals surface area (Å²) in [6.45, 7) is 0.664. The number of hydrogen-bond acceptors (Lipinski definition) is 11. The molecule has 0 bridgehead atoms. The fourth-order valence-electron chi connectivity index (χ4n) is 4.01. The van der Waals surface area contributed by atoms with Gasteiger partial charge >= 0.3 is 0 Å². The highest BCUT2D eigenvalue weighted by Crippen LogP contribution is 2.38. The van der Waals surface area contributed by atoms with Crippen LogP contribution in [0.5, 0.6) is 17.2 Å². The lowest BCUT2D eigenvalue weighted by molar-refractivity contribution is -0.244. The molecule has 2 heterocycles. The largest absolute Gasteiger partial charge is 0.508 e. The van der Waals surface area contributed by atoms with Crippen LogP contribution in [-0.2, 0) is 14.3 Å². The Kier molecular flexibility index (Phi) is 8.55. The molecule has 2 aliphatic heterocycles. The first-order valence-electron chi connectivity index (χ1n) is 11.4. The van der Waals surface area contributed by atoms with Gasteiger partial charge in [0, 0.05) is 6.92 Å². The molecule has 0 radical (unpaired) electrons. The normalized spacial score (nSPS) is 26.5. The molecule has 0 saturated carbocycles. The second kappa shape index (κ2) is 11.7. The number of rotatable bonds is 7. The summed E-state index contributed by atoms with van der Waals surface area (Å²) in [5, 5.41) is 42.2. The Morgan fingerprint density at radius 1 is 1.18 bits per heavy atom. The average molecular weight is 563 g/mol. The molecule has 0 spiro atoms. The molecule has 2 aromatic carbocycles. The Balaban J connectivity index is 1.57. The summed E-state index contributed by atoms with van der Waals surface area (Å²) in [4.78, 5) is 26.5. The van der Waals surface area contributed by atoms with Crippen molar-refractivity contribution < 1.29 is 44.2 Å². The molecule has 2 aliphatic rings. The average Bonchev–Trinajstić information content (AvgIpc) is 3.17. The summed E-state index contributed by atoms with van der Waals surface area (Å²) in [5.41, 5.74) is 1.14. The molecule has 0 aromatic heterocycles. The molecule has 202 valence electrons. The van der Waals surface area contributed by atoms with Crippen molar-refractivity contribution in [3.05, 3.63) is 52.9 Å². The number of benzene rings is 2. The third-order valence-electron chi connectivity index (χ3n) is 5.88. The highest BCUT2D eigenvalue weighted by molar-refractivity contribution is 8.27. The molecule has 2 amide bonds. The van der Waals surface area contributed by atoms with Gasteiger partial charge in [-0.15, -0.1) is 0 Å². The Morgan fingerprint density at radius 3 is 2.53 bits per heavy atom. The second-order valence-electron chi connectivity index (χ2n) is 8.49. The lowest BCUT2D eigenvalue weighted by atomic mass is 9.97. The molecule has 4 rings (SSSR count). The van der Waals surface area contributed by atoms with Crippen molar-refractivity contribution in [2.75, 3.05) is 18.6 Å². The van der Waals surface area contributed by atoms with Crippen LogP contribution in [0.2, 0.25) is 0 Å². The van der Waals surface area contributed by atoms with Crippen LogP contribution >= 0.6 is 24.0 Å². The van der Waals surface area contributed by atoms with Crippen LogP contribution in [0.3, 0.4) is 0 Å². The molecular weight excluding hydrogens is 536 g/mol. The van der Waals surface area contributed by atoms with Gasteiger partial charge in [-0.2, -0.15) is 0 Å². The number of thioether (sulfide) groups is 1. The Labute approximate surface area is 227 Å². The number of carbonyl (C=O) groups is 2. The minimum absolute atomic E-state index is 0.0729. The highest BCUT2D eigenvalue weighted by Gasteiger charge is 2.46. The SMILES string of the molecule is COc1cc(C=C2SC(=S)N(c3ccc(O)cc3)C2=O)ccc1O[C@@H]1O[C@H](CO)[C@@H](O)[C@H](O)[C@@H]1NC(C)=O. The fraction of sp³-hybridized carbons (Fsp3) is 0.320. The Hall–Kier alpha value is -3.20. The standard InChI is InChI=1S/C25H26N2O9S2/c1-12(29)26-20-22(32)21(31)18(11-28)36-24(20)35-16-8-3-13(9-17(16)34-2)10-19-23(33)27(25(37)38-19)14-4-6-15(30)7-5-14/h3-10,18,20-22,24,28,30-32H,11H2,1-2H3,(H,26,29)/t18-,20+,21-,22-,24-/m1/s1. The molecule has 2 saturated heterocycles. The maximum atomic E-state index is 13.0. The molecule has 13 heteroatoms. The van der Waals surface area contributed by atoms with E-state index in [1.807, 2.05) is 0 Å². The van der Waals surface area contributed by atoms with Gasteiger partial charge in [-0.1, -0.05) is 30.0 Å². The summed E-state index contributed by atoms with van der Waals surface area (Å²) in [7, 11) is 1.42. The number of phenols is 1. The van der Waals surface area contributed by atoms with Crippen LogP contribution in [0, 0.1) is 0 Å². The number of nitrogens with zero attached hydrogens (tertiary/aromatic N) is 1. The van der Waals surface area contributed by atoms with E-state index in [-0.39, 0.29) is 23.2 Å². The number of thiocarbonyl (C=S) groups is 1. The van der Waals surface area contributed by atoms with Crippen LogP contribution in [0.25, 0.3) is 6.08 Å². The monoisotopic (exact) mass is 562 g/mol. The van der Waals surface area contributed by atoms with Crippen molar-refractivity contribution in [3.63, 3.8) is 0 Å². The van der Waals surface area contributed by atoms with Gasteiger partial charge in [-0.3, -0.25) is 14.5 Å². The number of aromatic hydroxyl groups is 1. The number of nitrogens with one attached hydrogen (secondary N) is 1. The number of anilines is 1. The number of amides is 2. The second-order valence-corrected chi connectivity index (χ2v) is 10.2. The Morgan fingerprint density at radius 2 is 1.89 bits per heavy atom. The predicted molar refractivity (Wildman–Crippen MR) is 143 cm³/mol. The van der Waals surface area contributed by atoms with Crippen molar-refractivity contribution in [3.8, 4) is 17.2 Å². The third kappa shape index (κ3) is 5.77. The molecule has 38 heavy (non-hydrogen) atoms. The van der Waals surface area contributed by atoms with Gasteiger partial charge in [-0.05, 0) is 48.0 Å². The van der Waals surface area contributed by atoms with E-state index in [0.717, 1.165) is 11.8 Å². The van der Waals surface area contributed by atoms with Gasteiger partial charge in [0.25, 0.3) is 5.91 Å². The topological polar surface area (TPSA) is 158 Å². The van der Waals surface area contributed by atoms with Gasteiger partial charge in [0.1, 0.15) is 30.1 Å². The molecular formula is C25H26N2O9S2. The summed E-state index contributed by atoms with van der Waals surface area (Å²) < 4.78 is 17.3. The van der Waals surface area contributed by atoms with E-state index >= 15 is 0 Å². The maximum absolute atomic E-state index is 13.0. The van der Waals surface area contributed by atoms with E-state index in [1.165, 1.54) is 31.1 Å². The van der Waals surface area contributed by atoms with E-state index in [2.05, 4.69) is 5.32 Å². The fourth-order valence-corrected chi connectivity index (χ4v) is 5.31. The van der Waals surface area contributed by atoms with Gasteiger partial charge in [0.2, 0.25) is 12.2 Å². The lowest BCUT2D eigenvalue weighted by Crippen LogP contribution is -2.65.